The Kier molecular flexibility index (Phi) is 1.54. The first-order valence-electron chi connectivity index (χ1n) is 4.33. The van der Waals surface area contributed by atoms with Gasteiger partial charge in [-0.3, -0.25) is 0 Å². The molecule has 0 aromatic heterocycles. The molecule has 1 aliphatic carbocycles. The van der Waals surface area contributed by atoms with Crippen LogP contribution in [0.25, 0.3) is 0 Å². The van der Waals surface area contributed by atoms with Crippen molar-refractivity contribution in [3.05, 3.63) is 0 Å². The van der Waals surface area contributed by atoms with Gasteiger partial charge in [-0.25, -0.2) is 4.79 Å². The zero-order chi connectivity index (χ0) is 8.88. The molecule has 4 nitrogen and oxygen atoms in total. The molecule has 0 aromatic rings. The topological polar surface area (TPSA) is 49.6 Å². The van der Waals surface area contributed by atoms with Gasteiger partial charge in [0.05, 0.1) is 0 Å². The Bertz CT molecular complexity index is 204. The lowest BCUT2D eigenvalue weighted by Crippen LogP contribution is -2.40. The standard InChI is InChI=1S/C8H15N3O/c1-10(2)8(12)11-3-5-6(4-11)7(5)9/h5-7H,3-4,9H2,1-2H3/t5-,6-/m0/s1. The Balaban J connectivity index is 1.90. The maximum absolute atomic E-state index is 11.4. The van der Waals surface area contributed by atoms with Crippen molar-refractivity contribution in [2.45, 2.75) is 6.04 Å². The van der Waals surface area contributed by atoms with E-state index in [4.69, 9.17) is 5.73 Å². The van der Waals surface area contributed by atoms with Crippen molar-refractivity contribution in [3.63, 3.8) is 0 Å². The summed E-state index contributed by atoms with van der Waals surface area (Å²) in [6.45, 7) is 1.73. The van der Waals surface area contributed by atoms with Gasteiger partial charge < -0.3 is 15.5 Å². The van der Waals surface area contributed by atoms with E-state index in [2.05, 4.69) is 0 Å². The summed E-state index contributed by atoms with van der Waals surface area (Å²) in [7, 11) is 3.57. The maximum Gasteiger partial charge on any atom is 0.319 e. The van der Waals surface area contributed by atoms with Crippen LogP contribution in [0, 0.1) is 11.8 Å². The third-order valence-corrected chi connectivity index (χ3v) is 2.91. The van der Waals surface area contributed by atoms with Crippen molar-refractivity contribution in [2.75, 3.05) is 27.2 Å². The summed E-state index contributed by atoms with van der Waals surface area (Å²) in [6, 6.07) is 0.491. The number of hydrogen-bond acceptors (Lipinski definition) is 2. The van der Waals surface area contributed by atoms with E-state index in [1.165, 1.54) is 0 Å². The van der Waals surface area contributed by atoms with E-state index in [0.717, 1.165) is 13.1 Å². The molecular formula is C8H15N3O. The fourth-order valence-electron chi connectivity index (χ4n) is 2.01. The van der Waals surface area contributed by atoms with Gasteiger partial charge in [0.15, 0.2) is 0 Å². The highest BCUT2D eigenvalue weighted by molar-refractivity contribution is 5.74. The molecule has 68 valence electrons. The van der Waals surface area contributed by atoms with Gasteiger partial charge in [-0.2, -0.15) is 0 Å². The summed E-state index contributed by atoms with van der Waals surface area (Å²) in [5, 5.41) is 0. The van der Waals surface area contributed by atoms with Gasteiger partial charge in [0, 0.05) is 33.2 Å². The first-order chi connectivity index (χ1) is 5.61. The van der Waals surface area contributed by atoms with Crippen LogP contribution in [0.15, 0.2) is 0 Å². The van der Waals surface area contributed by atoms with E-state index in [-0.39, 0.29) is 6.03 Å². The maximum atomic E-state index is 11.4. The van der Waals surface area contributed by atoms with Crippen LogP contribution in [0.1, 0.15) is 0 Å². The zero-order valence-electron chi connectivity index (χ0n) is 7.53. The van der Waals surface area contributed by atoms with Crippen LogP contribution in [0.3, 0.4) is 0 Å². The highest BCUT2D eigenvalue weighted by Gasteiger charge is 2.54. The first-order valence-corrected chi connectivity index (χ1v) is 4.33. The van der Waals surface area contributed by atoms with Crippen molar-refractivity contribution in [2.24, 2.45) is 17.6 Å². The Morgan fingerprint density at radius 3 is 2.33 bits per heavy atom. The van der Waals surface area contributed by atoms with Crippen LogP contribution in [0.5, 0.6) is 0 Å². The monoisotopic (exact) mass is 169 g/mol. The Morgan fingerprint density at radius 1 is 1.42 bits per heavy atom. The van der Waals surface area contributed by atoms with Gasteiger partial charge >= 0.3 is 6.03 Å². The van der Waals surface area contributed by atoms with Crippen LogP contribution in [-0.2, 0) is 0 Å². The molecule has 1 saturated carbocycles. The SMILES string of the molecule is CN(C)C(=O)N1C[C@@H]2C(N)[C@H]2C1. The molecule has 12 heavy (non-hydrogen) atoms. The van der Waals surface area contributed by atoms with Crippen LogP contribution in [-0.4, -0.2) is 49.1 Å². The number of nitrogens with two attached hydrogens (primary N) is 1. The second-order valence-electron chi connectivity index (χ2n) is 3.99. The highest BCUT2D eigenvalue weighted by atomic mass is 16.2. The molecule has 2 atom stereocenters. The van der Waals surface area contributed by atoms with Gasteiger partial charge in [0.2, 0.25) is 0 Å². The quantitative estimate of drug-likeness (QED) is 0.534. The number of hydrogen-bond donors (Lipinski definition) is 1. The fourth-order valence-corrected chi connectivity index (χ4v) is 2.01. The molecule has 0 unspecified atom stereocenters. The molecule has 0 radical (unpaired) electrons. The third-order valence-electron chi connectivity index (χ3n) is 2.91. The average molecular weight is 169 g/mol. The Morgan fingerprint density at radius 2 is 1.92 bits per heavy atom. The lowest BCUT2D eigenvalue weighted by atomic mass is 10.4. The summed E-state index contributed by atoms with van der Waals surface area (Å²) >= 11 is 0. The van der Waals surface area contributed by atoms with Crippen LogP contribution in [0.4, 0.5) is 4.79 Å². The molecule has 0 aromatic carbocycles. The number of rotatable bonds is 0. The van der Waals surface area contributed by atoms with E-state index in [1.807, 2.05) is 4.90 Å². The predicted molar refractivity (Wildman–Crippen MR) is 45.6 cm³/mol. The normalized spacial score (nSPS) is 37.9. The lowest BCUT2D eigenvalue weighted by Gasteiger charge is -2.23. The smallest absolute Gasteiger partial charge is 0.319 e. The van der Waals surface area contributed by atoms with Crippen molar-refractivity contribution in [3.8, 4) is 0 Å². The second-order valence-corrected chi connectivity index (χ2v) is 3.99. The van der Waals surface area contributed by atoms with E-state index in [1.54, 1.807) is 19.0 Å². The minimum absolute atomic E-state index is 0.120. The molecule has 0 bridgehead atoms. The number of fused-ring (bicyclic) bond motifs is 1. The number of urea groups is 1. The van der Waals surface area contributed by atoms with Crippen molar-refractivity contribution in [1.82, 2.24) is 9.80 Å². The predicted octanol–water partition coefficient (Wildman–Crippen LogP) is -0.443. The average Bonchev–Trinajstić information content (AvgIpc) is 2.53. The number of carbonyl (C=O) groups excluding carboxylic acids is 1. The molecule has 2 N–H and O–H groups in total. The van der Waals surface area contributed by atoms with Crippen molar-refractivity contribution in [1.29, 1.82) is 0 Å². The first kappa shape index (κ1) is 7.86. The largest absolute Gasteiger partial charge is 0.331 e. The van der Waals surface area contributed by atoms with Gasteiger partial charge in [-0.05, 0) is 11.8 Å². The van der Waals surface area contributed by atoms with Crippen LogP contribution < -0.4 is 5.73 Å². The molecule has 2 aliphatic rings. The summed E-state index contributed by atoms with van der Waals surface area (Å²) in [4.78, 5) is 14.9. The number of likely N-dealkylation sites (tertiary alicyclic amines) is 1. The van der Waals surface area contributed by atoms with E-state index in [9.17, 15) is 4.79 Å². The van der Waals surface area contributed by atoms with Crippen molar-refractivity contribution >= 4 is 6.03 Å². The molecule has 1 saturated heterocycles. The number of piperidine rings is 1. The van der Waals surface area contributed by atoms with Crippen LogP contribution >= 0.6 is 0 Å². The summed E-state index contributed by atoms with van der Waals surface area (Å²) < 4.78 is 0. The number of carbonyl (C=O) groups is 1. The summed E-state index contributed by atoms with van der Waals surface area (Å²) in [5.41, 5.74) is 5.76. The zero-order valence-corrected chi connectivity index (χ0v) is 7.53. The number of amides is 2. The molecule has 1 aliphatic heterocycles. The van der Waals surface area contributed by atoms with Gasteiger partial charge in [0.25, 0.3) is 0 Å². The highest BCUT2D eigenvalue weighted by Crippen LogP contribution is 2.43. The van der Waals surface area contributed by atoms with Gasteiger partial charge in [0.1, 0.15) is 0 Å². The number of nitrogens with zero attached hydrogens (tertiary/aromatic N) is 2. The van der Waals surface area contributed by atoms with Gasteiger partial charge in [-0.1, -0.05) is 0 Å². The molecular weight excluding hydrogens is 154 g/mol. The lowest BCUT2D eigenvalue weighted by molar-refractivity contribution is 0.176. The molecule has 2 amide bonds. The fraction of sp³-hybridized carbons (Fsp3) is 0.875. The minimum atomic E-state index is 0.120. The molecule has 1 heterocycles. The molecule has 4 heteroatoms. The minimum Gasteiger partial charge on any atom is -0.331 e. The van der Waals surface area contributed by atoms with Gasteiger partial charge in [-0.15, -0.1) is 0 Å². The van der Waals surface area contributed by atoms with E-state index >= 15 is 0 Å². The molecule has 0 spiro atoms. The van der Waals surface area contributed by atoms with Crippen LogP contribution in [0.2, 0.25) is 0 Å². The van der Waals surface area contributed by atoms with E-state index in [0.29, 0.717) is 17.9 Å². The third kappa shape index (κ3) is 0.982. The molecule has 2 fully saturated rings. The summed E-state index contributed by atoms with van der Waals surface area (Å²) in [5.74, 6) is 1.18. The Labute approximate surface area is 72.3 Å². The second kappa shape index (κ2) is 2.36. The molecule has 2 rings (SSSR count). The Hall–Kier alpha value is -0.770. The van der Waals surface area contributed by atoms with E-state index < -0.39 is 0 Å². The van der Waals surface area contributed by atoms with Crippen molar-refractivity contribution < 1.29 is 4.79 Å². The summed E-state index contributed by atoms with van der Waals surface area (Å²) in [6.07, 6.45) is 0.